The number of H-pyrrole nitrogens is 1. The van der Waals surface area contributed by atoms with Crippen LogP contribution in [0, 0.1) is 6.92 Å². The van der Waals surface area contributed by atoms with Crippen LogP contribution in [0.2, 0.25) is 0 Å². The number of aromatic amines is 1. The summed E-state index contributed by atoms with van der Waals surface area (Å²) < 4.78 is 0. The molecule has 0 unspecified atom stereocenters. The van der Waals surface area contributed by atoms with Crippen molar-refractivity contribution in [1.82, 2.24) is 9.88 Å². The number of likely N-dealkylation sites (tertiary alicyclic amines) is 1. The zero-order valence-corrected chi connectivity index (χ0v) is 14.8. The van der Waals surface area contributed by atoms with Crippen molar-refractivity contribution in [3.05, 3.63) is 53.3 Å². The molecule has 1 aliphatic heterocycles. The van der Waals surface area contributed by atoms with Crippen LogP contribution in [0.15, 0.2) is 36.5 Å². The molecule has 1 aromatic carbocycles. The van der Waals surface area contributed by atoms with E-state index in [4.69, 9.17) is 0 Å². The van der Waals surface area contributed by atoms with Gasteiger partial charge in [0.25, 0.3) is 5.91 Å². The topological polar surface area (TPSA) is 48.1 Å². The zero-order valence-electron chi connectivity index (χ0n) is 14.8. The summed E-state index contributed by atoms with van der Waals surface area (Å²) in [7, 11) is 0. The largest absolute Gasteiger partial charge is 0.381 e. The fraction of sp³-hybridized carbons (Fsp3) is 0.450. The average Bonchev–Trinajstić information content (AvgIpc) is 3.01. The first kappa shape index (κ1) is 16.6. The lowest BCUT2D eigenvalue weighted by Gasteiger charge is -2.33. The molecule has 2 N–H and O–H groups in total. The molecule has 1 aliphatic rings. The zero-order chi connectivity index (χ0) is 17.1. The number of aromatic nitrogens is 1. The fourth-order valence-corrected chi connectivity index (χ4v) is 3.28. The van der Waals surface area contributed by atoms with E-state index in [1.54, 1.807) is 0 Å². The molecule has 1 fully saturated rings. The monoisotopic (exact) mass is 325 g/mol. The van der Waals surface area contributed by atoms with Gasteiger partial charge in [0.15, 0.2) is 0 Å². The number of carbonyl (C=O) groups excluding carboxylic acids is 1. The molecule has 0 radical (unpaired) electrons. The molecule has 4 nitrogen and oxygen atoms in total. The summed E-state index contributed by atoms with van der Waals surface area (Å²) in [6, 6.07) is 10.9. The van der Waals surface area contributed by atoms with E-state index in [0.29, 0.717) is 17.7 Å². The summed E-state index contributed by atoms with van der Waals surface area (Å²) >= 11 is 0. The summed E-state index contributed by atoms with van der Waals surface area (Å²) in [5.74, 6) is 0.649. The van der Waals surface area contributed by atoms with Crippen molar-refractivity contribution < 1.29 is 4.79 Å². The van der Waals surface area contributed by atoms with Gasteiger partial charge in [0, 0.05) is 31.0 Å². The van der Waals surface area contributed by atoms with E-state index >= 15 is 0 Å². The van der Waals surface area contributed by atoms with Gasteiger partial charge in [-0.25, -0.2) is 0 Å². The molecular weight excluding hydrogens is 298 g/mol. The SMILES string of the molecule is Cc1c[nH]c(C(=O)N2CCC[C@H](Nc3ccc(C(C)C)cc3)C2)c1. The Kier molecular flexibility index (Phi) is 4.93. The molecule has 1 saturated heterocycles. The normalized spacial score (nSPS) is 18.0. The van der Waals surface area contributed by atoms with Gasteiger partial charge in [0.1, 0.15) is 5.69 Å². The molecular formula is C20H27N3O. The second-order valence-electron chi connectivity index (χ2n) is 7.10. The number of benzene rings is 1. The van der Waals surface area contributed by atoms with Crippen LogP contribution in [0.4, 0.5) is 5.69 Å². The summed E-state index contributed by atoms with van der Waals surface area (Å²) in [5.41, 5.74) is 4.27. The summed E-state index contributed by atoms with van der Waals surface area (Å²) in [6.07, 6.45) is 4.01. The molecule has 0 aliphatic carbocycles. The Balaban J connectivity index is 1.62. The van der Waals surface area contributed by atoms with Gasteiger partial charge in [-0.15, -0.1) is 0 Å². The minimum Gasteiger partial charge on any atom is -0.381 e. The lowest BCUT2D eigenvalue weighted by Crippen LogP contribution is -2.45. The third kappa shape index (κ3) is 3.81. The third-order valence-corrected chi connectivity index (χ3v) is 4.71. The van der Waals surface area contributed by atoms with Crippen LogP contribution in [0.5, 0.6) is 0 Å². The Morgan fingerprint density at radius 3 is 2.67 bits per heavy atom. The maximum Gasteiger partial charge on any atom is 0.270 e. The van der Waals surface area contributed by atoms with Gasteiger partial charge in [-0.05, 0) is 55.0 Å². The Morgan fingerprint density at radius 2 is 2.04 bits per heavy atom. The number of nitrogens with one attached hydrogen (secondary N) is 2. The van der Waals surface area contributed by atoms with Gasteiger partial charge in [0.05, 0.1) is 0 Å². The van der Waals surface area contributed by atoms with Crippen LogP contribution in [0.3, 0.4) is 0 Å². The van der Waals surface area contributed by atoms with Crippen molar-refractivity contribution in [2.75, 3.05) is 18.4 Å². The van der Waals surface area contributed by atoms with Crippen LogP contribution < -0.4 is 5.32 Å². The number of rotatable bonds is 4. The number of amides is 1. The summed E-state index contributed by atoms with van der Waals surface area (Å²) in [6.45, 7) is 7.99. The van der Waals surface area contributed by atoms with Gasteiger partial charge in [-0.3, -0.25) is 4.79 Å². The minimum absolute atomic E-state index is 0.102. The van der Waals surface area contributed by atoms with Gasteiger partial charge < -0.3 is 15.2 Å². The van der Waals surface area contributed by atoms with E-state index in [2.05, 4.69) is 48.4 Å². The molecule has 0 spiro atoms. The maximum absolute atomic E-state index is 12.6. The Labute approximate surface area is 144 Å². The minimum atomic E-state index is 0.102. The van der Waals surface area contributed by atoms with Crippen molar-refractivity contribution in [2.24, 2.45) is 0 Å². The Hall–Kier alpha value is -2.23. The summed E-state index contributed by atoms with van der Waals surface area (Å²) in [4.78, 5) is 17.6. The lowest BCUT2D eigenvalue weighted by atomic mass is 10.0. The van der Waals surface area contributed by atoms with Crippen LogP contribution in [-0.2, 0) is 0 Å². The van der Waals surface area contributed by atoms with E-state index in [0.717, 1.165) is 37.2 Å². The molecule has 0 bridgehead atoms. The van der Waals surface area contributed by atoms with E-state index in [1.807, 2.05) is 24.1 Å². The first-order valence-electron chi connectivity index (χ1n) is 8.83. The van der Waals surface area contributed by atoms with E-state index in [9.17, 15) is 4.79 Å². The van der Waals surface area contributed by atoms with Crippen molar-refractivity contribution in [2.45, 2.75) is 45.6 Å². The van der Waals surface area contributed by atoms with Crippen LogP contribution in [-0.4, -0.2) is 34.9 Å². The molecule has 1 amide bonds. The van der Waals surface area contributed by atoms with E-state index < -0.39 is 0 Å². The van der Waals surface area contributed by atoms with Crippen molar-refractivity contribution in [3.63, 3.8) is 0 Å². The van der Waals surface area contributed by atoms with Gasteiger partial charge >= 0.3 is 0 Å². The highest BCUT2D eigenvalue weighted by atomic mass is 16.2. The molecule has 2 heterocycles. The number of anilines is 1. The smallest absolute Gasteiger partial charge is 0.270 e. The molecule has 0 saturated carbocycles. The highest BCUT2D eigenvalue weighted by Gasteiger charge is 2.25. The first-order valence-corrected chi connectivity index (χ1v) is 8.83. The standard InChI is InChI=1S/C20H27N3O/c1-14(2)16-6-8-17(9-7-16)22-18-5-4-10-23(13-18)20(24)19-11-15(3)12-21-19/h6-9,11-12,14,18,21-22H,4-5,10,13H2,1-3H3/t18-/m0/s1. The average molecular weight is 325 g/mol. The molecule has 24 heavy (non-hydrogen) atoms. The van der Waals surface area contributed by atoms with Crippen molar-refractivity contribution in [1.29, 1.82) is 0 Å². The number of hydrogen-bond acceptors (Lipinski definition) is 2. The third-order valence-electron chi connectivity index (χ3n) is 4.71. The summed E-state index contributed by atoms with van der Waals surface area (Å²) in [5, 5.41) is 3.58. The number of aryl methyl sites for hydroxylation is 1. The van der Waals surface area contributed by atoms with Gasteiger partial charge in [-0.2, -0.15) is 0 Å². The van der Waals surface area contributed by atoms with Crippen LogP contribution >= 0.6 is 0 Å². The first-order chi connectivity index (χ1) is 11.5. The van der Waals surface area contributed by atoms with Gasteiger partial charge in [-0.1, -0.05) is 26.0 Å². The molecule has 128 valence electrons. The predicted octanol–water partition coefficient (Wildman–Crippen LogP) is 4.16. The predicted molar refractivity (Wildman–Crippen MR) is 98.6 cm³/mol. The quantitative estimate of drug-likeness (QED) is 0.886. The van der Waals surface area contributed by atoms with Crippen molar-refractivity contribution >= 4 is 11.6 Å². The number of nitrogens with zero attached hydrogens (tertiary/aromatic N) is 1. The van der Waals surface area contributed by atoms with Gasteiger partial charge in [0.2, 0.25) is 0 Å². The second-order valence-corrected chi connectivity index (χ2v) is 7.10. The molecule has 4 heteroatoms. The maximum atomic E-state index is 12.6. The lowest BCUT2D eigenvalue weighted by molar-refractivity contribution is 0.0709. The number of hydrogen-bond donors (Lipinski definition) is 2. The Morgan fingerprint density at radius 1 is 1.29 bits per heavy atom. The highest BCUT2D eigenvalue weighted by molar-refractivity contribution is 5.92. The van der Waals surface area contributed by atoms with Crippen molar-refractivity contribution in [3.8, 4) is 0 Å². The number of carbonyl (C=O) groups is 1. The van der Waals surface area contributed by atoms with E-state index in [-0.39, 0.29) is 5.91 Å². The fourth-order valence-electron chi connectivity index (χ4n) is 3.28. The van der Waals surface area contributed by atoms with Crippen LogP contribution in [0.25, 0.3) is 0 Å². The molecule has 1 aromatic heterocycles. The molecule has 2 aromatic rings. The van der Waals surface area contributed by atoms with E-state index in [1.165, 1.54) is 5.56 Å². The molecule has 3 rings (SSSR count). The van der Waals surface area contributed by atoms with Crippen LogP contribution in [0.1, 0.15) is 54.2 Å². The highest BCUT2D eigenvalue weighted by Crippen LogP contribution is 2.21. The molecule has 1 atom stereocenters. The second kappa shape index (κ2) is 7.12. The Bertz CT molecular complexity index is 687. The number of piperidine rings is 1.